The molecule has 2 aromatic rings. The van der Waals surface area contributed by atoms with E-state index < -0.39 is 41.4 Å². The lowest BCUT2D eigenvalue weighted by molar-refractivity contribution is -0.158. The zero-order valence-electron chi connectivity index (χ0n) is 19.1. The van der Waals surface area contributed by atoms with Gasteiger partial charge in [0.1, 0.15) is 11.8 Å². The molecule has 0 spiro atoms. The number of Topliss-reactive ketones (excluding diaryl/α,β-unsaturated/α-hetero) is 2. The SMILES string of the molecule is COC(=O)c1ccc(C=C2CN(C(Cc3ccccc3)C(=O)OC)C(=O)C(C(C)=O)C2=O)cc1. The number of rotatable bonds is 7. The number of piperidine rings is 1. The summed E-state index contributed by atoms with van der Waals surface area (Å²) in [4.78, 5) is 64.1. The van der Waals surface area contributed by atoms with Gasteiger partial charge in [0.15, 0.2) is 11.7 Å². The van der Waals surface area contributed by atoms with Crippen molar-refractivity contribution in [1.29, 1.82) is 0 Å². The van der Waals surface area contributed by atoms with Crippen molar-refractivity contribution in [3.63, 3.8) is 0 Å². The van der Waals surface area contributed by atoms with E-state index in [1.54, 1.807) is 30.3 Å². The summed E-state index contributed by atoms with van der Waals surface area (Å²) in [5, 5.41) is 0. The van der Waals surface area contributed by atoms with Gasteiger partial charge >= 0.3 is 11.9 Å². The Morgan fingerprint density at radius 1 is 1.00 bits per heavy atom. The van der Waals surface area contributed by atoms with Crippen LogP contribution < -0.4 is 0 Å². The highest BCUT2D eigenvalue weighted by atomic mass is 16.5. The van der Waals surface area contributed by atoms with Crippen LogP contribution in [0.5, 0.6) is 0 Å². The molecule has 1 fully saturated rings. The number of hydrogen-bond donors (Lipinski definition) is 0. The Morgan fingerprint density at radius 2 is 1.65 bits per heavy atom. The van der Waals surface area contributed by atoms with Gasteiger partial charge in [-0.3, -0.25) is 14.4 Å². The maximum atomic E-state index is 13.2. The topological polar surface area (TPSA) is 107 Å². The Bertz CT molecular complexity index is 1140. The van der Waals surface area contributed by atoms with Crippen LogP contribution in [0.3, 0.4) is 0 Å². The van der Waals surface area contributed by atoms with Crippen molar-refractivity contribution < 1.29 is 33.4 Å². The van der Waals surface area contributed by atoms with E-state index in [1.807, 2.05) is 30.3 Å². The fraction of sp³-hybridized carbons (Fsp3) is 0.269. The smallest absolute Gasteiger partial charge is 0.337 e. The van der Waals surface area contributed by atoms with E-state index >= 15 is 0 Å². The monoisotopic (exact) mass is 463 g/mol. The van der Waals surface area contributed by atoms with E-state index in [4.69, 9.17) is 4.74 Å². The van der Waals surface area contributed by atoms with Crippen molar-refractivity contribution in [3.8, 4) is 0 Å². The molecule has 0 bridgehead atoms. The first-order valence-corrected chi connectivity index (χ1v) is 10.6. The molecule has 0 aromatic heterocycles. The molecular weight excluding hydrogens is 438 g/mol. The maximum Gasteiger partial charge on any atom is 0.337 e. The molecule has 3 rings (SSSR count). The number of ketones is 2. The highest BCUT2D eigenvalue weighted by molar-refractivity contribution is 6.26. The second kappa shape index (κ2) is 10.7. The van der Waals surface area contributed by atoms with Gasteiger partial charge in [0.2, 0.25) is 5.91 Å². The summed E-state index contributed by atoms with van der Waals surface area (Å²) in [6.07, 6.45) is 1.72. The Kier molecular flexibility index (Phi) is 7.73. The van der Waals surface area contributed by atoms with Crippen LogP contribution in [0.15, 0.2) is 60.2 Å². The Balaban J connectivity index is 1.99. The lowest BCUT2D eigenvalue weighted by Crippen LogP contribution is -2.56. The second-order valence-corrected chi connectivity index (χ2v) is 7.89. The molecule has 1 aliphatic rings. The molecule has 1 saturated heterocycles. The van der Waals surface area contributed by atoms with E-state index in [9.17, 15) is 24.0 Å². The summed E-state index contributed by atoms with van der Waals surface area (Å²) in [5.74, 6) is -4.60. The van der Waals surface area contributed by atoms with Gasteiger partial charge in [-0.05, 0) is 36.3 Å². The minimum atomic E-state index is -1.53. The number of hydrogen-bond acceptors (Lipinski definition) is 7. The third kappa shape index (κ3) is 5.28. The van der Waals surface area contributed by atoms with Gasteiger partial charge in [-0.15, -0.1) is 0 Å². The fourth-order valence-corrected chi connectivity index (χ4v) is 3.87. The highest BCUT2D eigenvalue weighted by Gasteiger charge is 2.45. The summed E-state index contributed by atoms with van der Waals surface area (Å²) in [6.45, 7) is 1.02. The molecule has 1 amide bonds. The number of carbonyl (C=O) groups is 5. The summed E-state index contributed by atoms with van der Waals surface area (Å²) in [6, 6.07) is 14.4. The lowest BCUT2D eigenvalue weighted by atomic mass is 9.86. The van der Waals surface area contributed by atoms with E-state index in [1.165, 1.54) is 26.0 Å². The van der Waals surface area contributed by atoms with Gasteiger partial charge in [0.25, 0.3) is 0 Å². The molecule has 2 aromatic carbocycles. The van der Waals surface area contributed by atoms with Gasteiger partial charge in [-0.1, -0.05) is 42.5 Å². The van der Waals surface area contributed by atoms with Crippen LogP contribution in [0.25, 0.3) is 6.08 Å². The van der Waals surface area contributed by atoms with Gasteiger partial charge in [0.05, 0.1) is 26.3 Å². The van der Waals surface area contributed by atoms with Crippen LogP contribution in [0.1, 0.15) is 28.4 Å². The van der Waals surface area contributed by atoms with Crippen LogP contribution in [-0.2, 0) is 35.1 Å². The number of carbonyl (C=O) groups excluding carboxylic acids is 5. The molecule has 8 heteroatoms. The molecule has 2 atom stereocenters. The molecule has 1 heterocycles. The summed E-state index contributed by atoms with van der Waals surface area (Å²) >= 11 is 0. The fourth-order valence-electron chi connectivity index (χ4n) is 3.87. The van der Waals surface area contributed by atoms with E-state index in [2.05, 4.69) is 4.74 Å². The lowest BCUT2D eigenvalue weighted by Gasteiger charge is -2.36. The second-order valence-electron chi connectivity index (χ2n) is 7.89. The number of amides is 1. The largest absolute Gasteiger partial charge is 0.467 e. The first kappa shape index (κ1) is 24.6. The van der Waals surface area contributed by atoms with Crippen LogP contribution >= 0.6 is 0 Å². The van der Waals surface area contributed by atoms with Crippen molar-refractivity contribution in [2.75, 3.05) is 20.8 Å². The van der Waals surface area contributed by atoms with Crippen molar-refractivity contribution in [2.45, 2.75) is 19.4 Å². The predicted molar refractivity (Wildman–Crippen MR) is 123 cm³/mol. The molecule has 0 aliphatic carbocycles. The highest BCUT2D eigenvalue weighted by Crippen LogP contribution is 2.26. The first-order valence-electron chi connectivity index (χ1n) is 10.6. The van der Waals surface area contributed by atoms with Crippen LogP contribution in [0.4, 0.5) is 0 Å². The van der Waals surface area contributed by atoms with Crippen LogP contribution in [0, 0.1) is 5.92 Å². The molecule has 0 saturated carbocycles. The maximum absolute atomic E-state index is 13.2. The van der Waals surface area contributed by atoms with E-state index in [0.29, 0.717) is 11.1 Å². The Labute approximate surface area is 197 Å². The minimum Gasteiger partial charge on any atom is -0.467 e. The number of esters is 2. The van der Waals surface area contributed by atoms with Crippen molar-refractivity contribution in [3.05, 3.63) is 76.9 Å². The average molecular weight is 463 g/mol. The number of ether oxygens (including phenoxy) is 2. The summed E-state index contributed by atoms with van der Waals surface area (Å²) in [7, 11) is 2.50. The molecule has 34 heavy (non-hydrogen) atoms. The molecule has 176 valence electrons. The van der Waals surface area contributed by atoms with E-state index in [-0.39, 0.29) is 18.5 Å². The Hall–Kier alpha value is -4.07. The third-order valence-corrected chi connectivity index (χ3v) is 5.65. The molecule has 0 N–H and O–H groups in total. The van der Waals surface area contributed by atoms with Crippen molar-refractivity contribution >= 4 is 35.5 Å². The van der Waals surface area contributed by atoms with Gasteiger partial charge < -0.3 is 14.4 Å². The number of nitrogens with zero attached hydrogens (tertiary/aromatic N) is 1. The number of likely N-dealkylation sites (tertiary alicyclic amines) is 1. The van der Waals surface area contributed by atoms with Gasteiger partial charge in [-0.25, -0.2) is 9.59 Å². The van der Waals surface area contributed by atoms with Crippen LogP contribution in [0.2, 0.25) is 0 Å². The molecule has 2 unspecified atom stereocenters. The zero-order valence-corrected chi connectivity index (χ0v) is 19.1. The third-order valence-electron chi connectivity index (χ3n) is 5.65. The average Bonchev–Trinajstić information content (AvgIpc) is 2.84. The molecule has 1 aliphatic heterocycles. The molecular formula is C26H25NO7. The molecule has 0 radical (unpaired) electrons. The van der Waals surface area contributed by atoms with Gasteiger partial charge in [0, 0.05) is 12.0 Å². The number of benzene rings is 2. The van der Waals surface area contributed by atoms with Crippen LogP contribution in [-0.4, -0.2) is 61.1 Å². The Morgan fingerprint density at radius 3 is 2.21 bits per heavy atom. The summed E-state index contributed by atoms with van der Waals surface area (Å²) in [5.41, 5.74) is 1.93. The van der Waals surface area contributed by atoms with E-state index in [0.717, 1.165) is 5.56 Å². The quantitative estimate of drug-likeness (QED) is 0.352. The minimum absolute atomic E-state index is 0.160. The standard InChI is InChI=1S/C26H25NO7/c1-16(28)22-23(29)20(13-18-9-11-19(12-10-18)25(31)33-2)15-27(24(22)30)21(26(32)34-3)14-17-7-5-4-6-8-17/h4-13,21-22H,14-15H2,1-3H3. The van der Waals surface area contributed by atoms with Crippen molar-refractivity contribution in [2.24, 2.45) is 5.92 Å². The first-order chi connectivity index (χ1) is 16.3. The van der Waals surface area contributed by atoms with Gasteiger partial charge in [-0.2, -0.15) is 0 Å². The number of methoxy groups -OCH3 is 2. The predicted octanol–water partition coefficient (Wildman–Crippen LogP) is 2.26. The van der Waals surface area contributed by atoms with Crippen molar-refractivity contribution in [1.82, 2.24) is 4.90 Å². The zero-order chi connectivity index (χ0) is 24.8. The normalized spacial score (nSPS) is 17.9. The molecule has 8 nitrogen and oxygen atoms in total. The summed E-state index contributed by atoms with van der Waals surface area (Å²) < 4.78 is 9.63.